The minimum absolute atomic E-state index is 0.0148. The number of likely N-dealkylation sites (tertiary alicyclic amines) is 1. The highest BCUT2D eigenvalue weighted by molar-refractivity contribution is 5.99. The van der Waals surface area contributed by atoms with Crippen molar-refractivity contribution >= 4 is 65.1 Å². The maximum atomic E-state index is 14.7. The van der Waals surface area contributed by atoms with Gasteiger partial charge in [-0.25, -0.2) is 0 Å². The van der Waals surface area contributed by atoms with E-state index >= 15 is 0 Å². The van der Waals surface area contributed by atoms with Crippen molar-refractivity contribution in [1.82, 2.24) is 36.8 Å². The summed E-state index contributed by atoms with van der Waals surface area (Å²) in [6, 6.07) is 7.23. The minimum atomic E-state index is -1.68. The van der Waals surface area contributed by atoms with Crippen LogP contribution in [0.15, 0.2) is 64.6 Å². The maximum Gasteiger partial charge on any atom is 0.245 e. The zero-order valence-electron chi connectivity index (χ0n) is 48.1. The summed E-state index contributed by atoms with van der Waals surface area (Å²) in [7, 11) is 0. The highest BCUT2D eigenvalue weighted by Gasteiger charge is 2.52. The van der Waals surface area contributed by atoms with Gasteiger partial charge in [-0.1, -0.05) is 56.3 Å². The van der Waals surface area contributed by atoms with Crippen molar-refractivity contribution in [3.63, 3.8) is 0 Å². The Bertz CT molecular complexity index is 2630. The first kappa shape index (κ1) is 64.2. The van der Waals surface area contributed by atoms with Gasteiger partial charge in [-0.15, -0.1) is 0 Å². The molecule has 4 bridgehead atoms. The summed E-state index contributed by atoms with van der Waals surface area (Å²) in [5.74, 6) is -5.13. The predicted molar refractivity (Wildman–Crippen MR) is 311 cm³/mol. The van der Waals surface area contributed by atoms with Crippen molar-refractivity contribution in [3.05, 3.63) is 65.7 Å². The van der Waals surface area contributed by atoms with Gasteiger partial charge in [-0.3, -0.25) is 53.1 Å². The van der Waals surface area contributed by atoms with Crippen LogP contribution in [0.2, 0.25) is 0 Å². The molecule has 1 saturated heterocycles. The number of carbonyl (C=O) groups excluding carboxylic acids is 9. The molecule has 5 aliphatic rings. The third kappa shape index (κ3) is 19.3. The Morgan fingerprint density at radius 3 is 1.69 bits per heavy atom. The lowest BCUT2D eigenvalue weighted by Crippen LogP contribution is -2.61. The fourth-order valence-electron chi connectivity index (χ4n) is 12.8. The molecule has 0 radical (unpaired) electrons. The first-order valence-corrected chi connectivity index (χ1v) is 29.1. The molecule has 18 N–H and O–H groups in total. The number of carbonyl (C=O) groups is 9. The molecule has 9 amide bonds. The second-order valence-electron chi connectivity index (χ2n) is 23.3. The zero-order chi connectivity index (χ0) is 60.4. The largest absolute Gasteiger partial charge is 0.494 e. The lowest BCUT2D eigenvalue weighted by molar-refractivity contribution is -0.142. The van der Waals surface area contributed by atoms with Gasteiger partial charge in [0.1, 0.15) is 48.0 Å². The van der Waals surface area contributed by atoms with E-state index < -0.39 is 102 Å². The van der Waals surface area contributed by atoms with E-state index in [9.17, 15) is 43.2 Å². The molecule has 4 aliphatic carbocycles. The number of amides is 9. The SMILES string of the molecule is CCOc1ccc(C[C@@H](NC(=O)CC23CC4CC(CC(C4)C2)C3)C(=O)N[C@@H](Cc2ccccc2)C(=O)N[C@H](C(=O)N[C@@H](CC(N)=O)C(=O)N[C@@H](CCCN=C(N)N)C(=O)N2CCC[C@@H]2C(=O)N[C@@H](CCCN=C(N)N)C(N)=O)C(C)C)cc1. The predicted octanol–water partition coefficient (Wildman–Crippen LogP) is -0.499. The van der Waals surface area contributed by atoms with Crippen LogP contribution >= 0.6 is 0 Å². The number of rotatable bonds is 32. The van der Waals surface area contributed by atoms with E-state index in [4.69, 9.17) is 39.1 Å². The fourth-order valence-corrected chi connectivity index (χ4v) is 12.8. The Labute approximate surface area is 485 Å². The van der Waals surface area contributed by atoms with Crippen molar-refractivity contribution in [2.24, 2.45) is 73.5 Å². The summed E-state index contributed by atoms with van der Waals surface area (Å²) >= 11 is 0. The quantitative estimate of drug-likeness (QED) is 0.0250. The van der Waals surface area contributed by atoms with Gasteiger partial charge in [0.15, 0.2) is 11.9 Å². The molecular weight excluding hydrogens is 1070 g/mol. The van der Waals surface area contributed by atoms with Crippen molar-refractivity contribution in [2.45, 2.75) is 166 Å². The smallest absolute Gasteiger partial charge is 0.245 e. The Kier molecular flexibility index (Phi) is 23.5. The van der Waals surface area contributed by atoms with Crippen LogP contribution in [0.25, 0.3) is 0 Å². The molecule has 454 valence electrons. The van der Waals surface area contributed by atoms with E-state index in [1.54, 1.807) is 56.3 Å². The average Bonchev–Trinajstić information content (AvgIpc) is 2.42. The molecule has 0 aromatic heterocycles. The van der Waals surface area contributed by atoms with E-state index in [1.165, 1.54) is 24.2 Å². The van der Waals surface area contributed by atoms with Crippen molar-refractivity contribution in [1.29, 1.82) is 0 Å². The molecule has 7 atom stereocenters. The molecule has 1 aliphatic heterocycles. The Morgan fingerprint density at radius 1 is 0.627 bits per heavy atom. The van der Waals surface area contributed by atoms with Crippen LogP contribution in [0.3, 0.4) is 0 Å². The number of primary amides is 2. The van der Waals surface area contributed by atoms with Crippen molar-refractivity contribution < 1.29 is 47.9 Å². The molecule has 2 aromatic carbocycles. The summed E-state index contributed by atoms with van der Waals surface area (Å²) in [5.41, 5.74) is 34.5. The van der Waals surface area contributed by atoms with Crippen LogP contribution in [0, 0.1) is 29.1 Å². The van der Waals surface area contributed by atoms with Crippen LogP contribution in [-0.2, 0) is 56.0 Å². The number of ether oxygens (including phenoxy) is 1. The number of aliphatic imine (C=N–C) groups is 2. The third-order valence-electron chi connectivity index (χ3n) is 16.2. The molecule has 25 heteroatoms. The fraction of sp³-hybridized carbons (Fsp3) is 0.603. The topological polar surface area (TPSA) is 419 Å². The second-order valence-corrected chi connectivity index (χ2v) is 23.3. The van der Waals surface area contributed by atoms with Crippen LogP contribution in [0.4, 0.5) is 0 Å². The van der Waals surface area contributed by atoms with E-state index in [1.807, 2.05) is 19.1 Å². The minimum Gasteiger partial charge on any atom is -0.494 e. The summed E-state index contributed by atoms with van der Waals surface area (Å²) < 4.78 is 5.65. The molecule has 25 nitrogen and oxygen atoms in total. The van der Waals surface area contributed by atoms with Gasteiger partial charge < -0.3 is 75.9 Å². The lowest BCUT2D eigenvalue weighted by atomic mass is 9.49. The summed E-state index contributed by atoms with van der Waals surface area (Å²) in [4.78, 5) is 135. The van der Waals surface area contributed by atoms with Gasteiger partial charge in [0.05, 0.1) is 13.0 Å². The van der Waals surface area contributed by atoms with E-state index in [2.05, 4.69) is 41.9 Å². The number of benzene rings is 2. The average molecular weight is 1150 g/mol. The summed E-state index contributed by atoms with van der Waals surface area (Å²) in [6.07, 6.45) is 7.40. The molecule has 0 spiro atoms. The molecular formula is C58H87N15O10. The van der Waals surface area contributed by atoms with Crippen molar-refractivity contribution in [3.8, 4) is 5.75 Å². The van der Waals surface area contributed by atoms with Crippen molar-refractivity contribution in [2.75, 3.05) is 26.2 Å². The van der Waals surface area contributed by atoms with Crippen LogP contribution in [0.5, 0.6) is 5.75 Å². The van der Waals surface area contributed by atoms with Gasteiger partial charge in [-0.05, 0) is 136 Å². The number of hydrogen-bond acceptors (Lipinski definition) is 12. The number of hydrogen-bond donors (Lipinski definition) is 12. The second kappa shape index (κ2) is 30.4. The summed E-state index contributed by atoms with van der Waals surface area (Å²) in [5, 5.41) is 16.6. The monoisotopic (exact) mass is 1150 g/mol. The highest BCUT2D eigenvalue weighted by Crippen LogP contribution is 2.61. The van der Waals surface area contributed by atoms with E-state index in [0.717, 1.165) is 24.8 Å². The van der Waals surface area contributed by atoms with Gasteiger partial charge in [0.25, 0.3) is 0 Å². The number of nitrogens with zero attached hydrogens (tertiary/aromatic N) is 3. The van der Waals surface area contributed by atoms with Gasteiger partial charge >= 0.3 is 0 Å². The molecule has 7 rings (SSSR count). The van der Waals surface area contributed by atoms with Gasteiger partial charge in [0.2, 0.25) is 53.2 Å². The molecule has 5 fully saturated rings. The molecule has 0 unspecified atom stereocenters. The third-order valence-corrected chi connectivity index (χ3v) is 16.2. The van der Waals surface area contributed by atoms with E-state index in [0.29, 0.717) is 54.9 Å². The number of nitrogens with one attached hydrogen (secondary N) is 6. The molecule has 2 aromatic rings. The normalized spacial score (nSPS) is 21.6. The maximum absolute atomic E-state index is 14.7. The first-order valence-electron chi connectivity index (χ1n) is 29.1. The van der Waals surface area contributed by atoms with Crippen LogP contribution < -0.4 is 71.0 Å². The van der Waals surface area contributed by atoms with Crippen LogP contribution in [-0.4, -0.2) is 139 Å². The highest BCUT2D eigenvalue weighted by atomic mass is 16.5. The van der Waals surface area contributed by atoms with Gasteiger partial charge in [-0.2, -0.15) is 0 Å². The van der Waals surface area contributed by atoms with Gasteiger partial charge in [0, 0.05) is 38.9 Å². The standard InChI is InChI=1S/C58H87N15O10/c1-4-83-39-18-16-35(17-19-39)27-42(67-47(75)32-58-29-36-23-37(30-58)25-38(24-36)31-58)50(77)70-43(26-34-11-6-5-7-12-34)52(79)72-48(33(2)3)54(81)71-44(28-46(59)74)51(78)69-41(14-9-21-66-57(63)64)55(82)73-22-10-15-45(73)53(80)68-40(49(60)76)13-8-20-65-56(61)62/h5-7,11-12,16-19,33,36-38,40-45,48H,4,8-10,13-15,20-32H2,1-3H3,(H2,59,74)(H2,60,76)(H,67,75)(H,68,80)(H,69,78)(H,70,77)(H,71,81)(H,72,79)(H4,61,62,65)(H4,63,64,66)/t36?,37?,38?,40-,41-,42+,43-,44-,45+,48-,58?/m0/s1. The molecule has 4 saturated carbocycles. The number of nitrogens with two attached hydrogens (primary N) is 6. The zero-order valence-corrected chi connectivity index (χ0v) is 48.1. The summed E-state index contributed by atoms with van der Waals surface area (Å²) in [6.45, 7) is 5.96. The molecule has 83 heavy (non-hydrogen) atoms. The number of guanidine groups is 2. The lowest BCUT2D eigenvalue weighted by Gasteiger charge is -2.56. The Hall–Kier alpha value is -7.99. The van der Waals surface area contributed by atoms with E-state index in [-0.39, 0.29) is 81.4 Å². The molecule has 1 heterocycles. The Morgan fingerprint density at radius 2 is 1.14 bits per heavy atom. The Balaban J connectivity index is 1.19. The van der Waals surface area contributed by atoms with Crippen LogP contribution in [0.1, 0.15) is 122 Å². The first-order chi connectivity index (χ1) is 39.5.